The average molecular weight is 476 g/mol. The van der Waals surface area contributed by atoms with Crippen molar-refractivity contribution in [1.82, 2.24) is 15.2 Å². The van der Waals surface area contributed by atoms with Crippen molar-refractivity contribution in [3.05, 3.63) is 52.7 Å². The molecule has 2 aliphatic rings. The van der Waals surface area contributed by atoms with Crippen LogP contribution >= 0.6 is 23.1 Å². The number of rotatable bonds is 7. The van der Waals surface area contributed by atoms with Gasteiger partial charge in [-0.25, -0.2) is 9.78 Å². The summed E-state index contributed by atoms with van der Waals surface area (Å²) in [5.41, 5.74) is 5.52. The van der Waals surface area contributed by atoms with E-state index in [4.69, 9.17) is 10.5 Å². The molecular formula is C19H17N5O6S2. The molecule has 5 N–H and O–H groups in total. The number of oxime groups is 1. The molecule has 166 valence electrons. The number of aromatic nitrogens is 1. The molecule has 1 saturated heterocycles. The summed E-state index contributed by atoms with van der Waals surface area (Å²) < 4.78 is 5.66. The second-order valence-electron chi connectivity index (χ2n) is 6.74. The van der Waals surface area contributed by atoms with Crippen molar-refractivity contribution < 1.29 is 29.4 Å². The second-order valence-corrected chi connectivity index (χ2v) is 8.73. The summed E-state index contributed by atoms with van der Waals surface area (Å²) in [7, 11) is 0. The molecule has 2 atom stereocenters. The fourth-order valence-electron chi connectivity index (χ4n) is 3.30. The van der Waals surface area contributed by atoms with Crippen LogP contribution in [0.1, 0.15) is 5.69 Å². The Labute approximate surface area is 189 Å². The van der Waals surface area contributed by atoms with Gasteiger partial charge >= 0.3 is 5.97 Å². The molecule has 1 aromatic heterocycles. The Balaban J connectivity index is 1.48. The lowest BCUT2D eigenvalue weighted by Crippen LogP contribution is -2.71. The van der Waals surface area contributed by atoms with Crippen LogP contribution in [0.15, 0.2) is 52.1 Å². The van der Waals surface area contributed by atoms with Crippen LogP contribution in [-0.2, 0) is 14.4 Å². The molecule has 32 heavy (non-hydrogen) atoms. The molecule has 11 nitrogen and oxygen atoms in total. The monoisotopic (exact) mass is 475 g/mol. The minimum atomic E-state index is -1.25. The Morgan fingerprint density at radius 1 is 1.34 bits per heavy atom. The molecule has 2 aromatic rings. The molecular weight excluding hydrogens is 458 g/mol. The van der Waals surface area contributed by atoms with E-state index < -0.39 is 34.9 Å². The Hall–Kier alpha value is -3.58. The molecule has 0 spiro atoms. The first-order valence-electron chi connectivity index (χ1n) is 9.23. The van der Waals surface area contributed by atoms with Crippen molar-refractivity contribution in [2.75, 3.05) is 18.1 Å². The predicted octanol–water partition coefficient (Wildman–Crippen LogP) is 0.721. The molecule has 4 rings (SSSR count). The van der Waals surface area contributed by atoms with Crippen LogP contribution in [0.2, 0.25) is 0 Å². The Morgan fingerprint density at radius 3 is 2.72 bits per heavy atom. The number of hydrogen-bond acceptors (Lipinski definition) is 10. The number of nitrogens with one attached hydrogen (secondary N) is 1. The number of carbonyl (C=O) groups excluding carboxylic acids is 2. The van der Waals surface area contributed by atoms with Crippen molar-refractivity contribution in [2.24, 2.45) is 5.16 Å². The van der Waals surface area contributed by atoms with E-state index in [1.54, 1.807) is 24.3 Å². The first kappa shape index (κ1) is 21.6. The third kappa shape index (κ3) is 3.99. The molecule has 0 saturated carbocycles. The first-order valence-corrected chi connectivity index (χ1v) is 11.2. The quantitative estimate of drug-likeness (QED) is 0.195. The number of hydrogen-bond donors (Lipinski definition) is 4. The topological polar surface area (TPSA) is 167 Å². The van der Waals surface area contributed by atoms with Gasteiger partial charge in [0.15, 0.2) is 10.8 Å². The van der Waals surface area contributed by atoms with Gasteiger partial charge in [-0.2, -0.15) is 0 Å². The van der Waals surface area contributed by atoms with Gasteiger partial charge in [0.1, 0.15) is 35.2 Å². The minimum Gasteiger partial charge on any atom is -0.489 e. The number of carboxylic acids is 1. The van der Waals surface area contributed by atoms with Crippen LogP contribution < -0.4 is 15.8 Å². The highest BCUT2D eigenvalue weighted by molar-refractivity contribution is 8.00. The van der Waals surface area contributed by atoms with Crippen molar-refractivity contribution in [3.8, 4) is 5.75 Å². The zero-order valence-corrected chi connectivity index (χ0v) is 17.9. The van der Waals surface area contributed by atoms with Gasteiger partial charge in [-0.15, -0.1) is 23.1 Å². The highest BCUT2D eigenvalue weighted by Gasteiger charge is 2.54. The normalized spacial score (nSPS) is 20.4. The number of benzene rings is 1. The molecule has 1 unspecified atom stereocenters. The van der Waals surface area contributed by atoms with E-state index >= 15 is 0 Å². The first-order chi connectivity index (χ1) is 15.4. The van der Waals surface area contributed by atoms with E-state index in [-0.39, 0.29) is 23.1 Å². The van der Waals surface area contributed by atoms with Crippen molar-refractivity contribution in [1.29, 1.82) is 0 Å². The molecule has 3 heterocycles. The number of β-lactam (4-membered cyclic amide) rings is 1. The predicted molar refractivity (Wildman–Crippen MR) is 116 cm³/mol. The van der Waals surface area contributed by atoms with Crippen LogP contribution in [0.4, 0.5) is 5.13 Å². The lowest BCUT2D eigenvalue weighted by molar-refractivity contribution is -0.150. The number of carboxylic acid groups (broad SMARTS) is 1. The third-order valence-electron chi connectivity index (χ3n) is 4.77. The summed E-state index contributed by atoms with van der Waals surface area (Å²) >= 11 is 2.37. The Morgan fingerprint density at radius 2 is 2.09 bits per heavy atom. The van der Waals surface area contributed by atoms with Crippen LogP contribution in [0.25, 0.3) is 0 Å². The number of anilines is 1. The summed E-state index contributed by atoms with van der Waals surface area (Å²) in [6.45, 7) is 0.0126. The number of nitrogens with zero attached hydrogens (tertiary/aromatic N) is 3. The zero-order valence-electron chi connectivity index (χ0n) is 16.3. The number of amides is 2. The highest BCUT2D eigenvalue weighted by atomic mass is 32.2. The number of thioether (sulfide) groups is 1. The number of para-hydroxylation sites is 1. The van der Waals surface area contributed by atoms with Crippen LogP contribution in [0, 0.1) is 0 Å². The van der Waals surface area contributed by atoms with E-state index in [2.05, 4.69) is 15.5 Å². The Kier molecular flexibility index (Phi) is 6.01. The van der Waals surface area contributed by atoms with E-state index in [9.17, 15) is 24.7 Å². The molecule has 1 aromatic carbocycles. The van der Waals surface area contributed by atoms with E-state index in [0.29, 0.717) is 17.1 Å². The van der Waals surface area contributed by atoms with E-state index in [1.807, 2.05) is 6.07 Å². The average Bonchev–Trinajstić information content (AvgIpc) is 3.22. The van der Waals surface area contributed by atoms with E-state index in [0.717, 1.165) is 16.2 Å². The molecule has 2 amide bonds. The zero-order chi connectivity index (χ0) is 22.8. The lowest BCUT2D eigenvalue weighted by Gasteiger charge is -2.49. The molecule has 0 bridgehead atoms. The van der Waals surface area contributed by atoms with Gasteiger partial charge in [0, 0.05) is 16.7 Å². The minimum absolute atomic E-state index is 0.0126. The third-order valence-corrected chi connectivity index (χ3v) is 6.79. The number of nitrogen functional groups attached to an aromatic ring is 1. The van der Waals surface area contributed by atoms with Gasteiger partial charge in [-0.05, 0) is 12.1 Å². The number of aliphatic carboxylic acids is 1. The highest BCUT2D eigenvalue weighted by Crippen LogP contribution is 2.40. The van der Waals surface area contributed by atoms with Crippen molar-refractivity contribution in [3.63, 3.8) is 0 Å². The maximum absolute atomic E-state index is 12.7. The lowest BCUT2D eigenvalue weighted by atomic mass is 10.0. The number of ether oxygens (including phenoxy) is 1. The molecule has 13 heteroatoms. The second kappa shape index (κ2) is 8.88. The Bertz CT molecular complexity index is 1130. The summed E-state index contributed by atoms with van der Waals surface area (Å²) in [5, 5.41) is 25.4. The summed E-state index contributed by atoms with van der Waals surface area (Å²) in [5.74, 6) is -1.78. The van der Waals surface area contributed by atoms with Gasteiger partial charge in [-0.1, -0.05) is 23.4 Å². The fraction of sp³-hybridized carbons (Fsp3) is 0.211. The van der Waals surface area contributed by atoms with Gasteiger partial charge in [0.25, 0.3) is 11.8 Å². The summed E-state index contributed by atoms with van der Waals surface area (Å²) in [4.78, 5) is 42.2. The van der Waals surface area contributed by atoms with Gasteiger partial charge < -0.3 is 26.1 Å². The maximum atomic E-state index is 12.7. The van der Waals surface area contributed by atoms with Gasteiger partial charge in [-0.3, -0.25) is 14.5 Å². The number of nitrogens with two attached hydrogens (primary N) is 1. The summed E-state index contributed by atoms with van der Waals surface area (Å²) in [6, 6.07) is 7.94. The smallest absolute Gasteiger partial charge is 0.352 e. The largest absolute Gasteiger partial charge is 0.489 e. The fourth-order valence-corrected chi connectivity index (χ4v) is 5.18. The maximum Gasteiger partial charge on any atom is 0.352 e. The summed E-state index contributed by atoms with van der Waals surface area (Å²) in [6.07, 6.45) is 0. The van der Waals surface area contributed by atoms with E-state index in [1.165, 1.54) is 17.1 Å². The van der Waals surface area contributed by atoms with Crippen LogP contribution in [0.3, 0.4) is 0 Å². The number of carbonyl (C=O) groups is 3. The van der Waals surface area contributed by atoms with Gasteiger partial charge in [0.2, 0.25) is 0 Å². The molecule has 0 aliphatic carbocycles. The standard InChI is InChI=1S/C19H17N5O6S2/c20-19-21-11(8-32-19)12(23-29)15(25)22-13-16(26)24-14(18(27)28)9(7-31-17(13)24)6-30-10-4-2-1-3-5-10/h1-5,8,13,17,29H,6-7H2,(H2,20,21)(H,22,25)(H,27,28)/b23-12-/t13?,17-/m1/s1. The number of thiazole rings is 1. The van der Waals surface area contributed by atoms with Gasteiger partial charge in [0.05, 0.1) is 0 Å². The SMILES string of the molecule is Nc1nc(/C(=N/O)C(=O)NC2C(=O)N3C(C(=O)O)=C(COc4ccccc4)CS[C@H]23)cs1. The molecule has 1 fully saturated rings. The van der Waals surface area contributed by atoms with Crippen molar-refractivity contribution in [2.45, 2.75) is 11.4 Å². The van der Waals surface area contributed by atoms with Crippen LogP contribution in [-0.4, -0.2) is 67.5 Å². The molecule has 0 radical (unpaired) electrons. The number of fused-ring (bicyclic) bond motifs is 1. The van der Waals surface area contributed by atoms with Crippen LogP contribution in [0.5, 0.6) is 5.75 Å². The van der Waals surface area contributed by atoms with Crippen molar-refractivity contribution >= 4 is 51.7 Å². The molecule has 2 aliphatic heterocycles.